The van der Waals surface area contributed by atoms with Gasteiger partial charge in [0.2, 0.25) is 5.95 Å². The second kappa shape index (κ2) is 6.70. The molecule has 1 saturated carbocycles. The molecule has 7 heteroatoms. The lowest BCUT2D eigenvalue weighted by molar-refractivity contribution is 0.0739. The highest BCUT2D eigenvalue weighted by Gasteiger charge is 2.27. The molecule has 0 aliphatic heterocycles. The number of carbonyl (C=O) groups excluding carboxylic acids is 1. The Labute approximate surface area is 144 Å². The van der Waals surface area contributed by atoms with Gasteiger partial charge in [-0.25, -0.2) is 4.98 Å². The molecule has 0 aromatic carbocycles. The number of nitrogens with one attached hydrogen (secondary N) is 2. The average Bonchev–Trinajstić information content (AvgIpc) is 2.48. The van der Waals surface area contributed by atoms with Crippen molar-refractivity contribution in [2.75, 3.05) is 10.6 Å². The van der Waals surface area contributed by atoms with Gasteiger partial charge in [0.25, 0.3) is 5.91 Å². The van der Waals surface area contributed by atoms with Crippen LogP contribution in [0.15, 0.2) is 6.20 Å². The van der Waals surface area contributed by atoms with Crippen LogP contribution in [0, 0.1) is 5.89 Å². The van der Waals surface area contributed by atoms with E-state index in [4.69, 9.17) is 12.6 Å². The van der Waals surface area contributed by atoms with E-state index in [1.54, 1.807) is 0 Å². The van der Waals surface area contributed by atoms with Gasteiger partial charge in [-0.05, 0) is 45.9 Å². The maximum absolute atomic E-state index is 11.7. The lowest BCUT2D eigenvalue weighted by Gasteiger charge is -2.32. The van der Waals surface area contributed by atoms with Crippen LogP contribution in [0.4, 0.5) is 11.8 Å². The highest BCUT2D eigenvalue weighted by molar-refractivity contribution is 5.97. The van der Waals surface area contributed by atoms with E-state index >= 15 is 0 Å². The minimum atomic E-state index is -2.68. The number of nitrogens with zero attached hydrogens (tertiary/aromatic N) is 2. The first-order valence-corrected chi connectivity index (χ1v) is 7.48. The van der Waals surface area contributed by atoms with Gasteiger partial charge in [-0.1, -0.05) is 6.85 Å². The summed E-state index contributed by atoms with van der Waals surface area (Å²) in [5.74, 6) is -2.60. The highest BCUT2D eigenvalue weighted by atomic mass is 16.3. The van der Waals surface area contributed by atoms with E-state index < -0.39 is 30.8 Å². The van der Waals surface area contributed by atoms with E-state index in [9.17, 15) is 9.90 Å². The number of aliphatic hydroxyl groups excluding tert-OH is 1. The molecule has 0 saturated heterocycles. The van der Waals surface area contributed by atoms with Crippen molar-refractivity contribution >= 4 is 17.7 Å². The molecule has 7 nitrogen and oxygen atoms in total. The van der Waals surface area contributed by atoms with Crippen molar-refractivity contribution in [1.82, 2.24) is 9.97 Å². The second-order valence-electron chi connectivity index (χ2n) is 6.67. The maximum atomic E-state index is 11.7. The molecule has 5 N–H and O–H groups in total. The second-order valence-corrected chi connectivity index (χ2v) is 6.67. The number of primary amides is 1. The van der Waals surface area contributed by atoms with Crippen LogP contribution >= 0.6 is 0 Å². The summed E-state index contributed by atoms with van der Waals surface area (Å²) < 4.78 is 39.3. The van der Waals surface area contributed by atoms with Gasteiger partial charge < -0.3 is 21.5 Å². The first kappa shape index (κ1) is 11.6. The third-order valence-corrected chi connectivity index (χ3v) is 3.37. The minimum absolute atomic E-state index is 0.0165. The fraction of sp³-hybridized carbons (Fsp3) is 0.688. The number of hydrogen-bond donors (Lipinski definition) is 4. The third kappa shape index (κ3) is 4.79. The summed E-state index contributed by atoms with van der Waals surface area (Å²) in [6.45, 7) is 3.03. The average molecular weight is 326 g/mol. The number of nitrogens with two attached hydrogens (primary N) is 1. The van der Waals surface area contributed by atoms with Gasteiger partial charge in [-0.3, -0.25) is 4.79 Å². The Kier molecular flexibility index (Phi) is 3.38. The molecule has 0 radical (unpaired) electrons. The monoisotopic (exact) mass is 326 g/mol. The molecular weight excluding hydrogens is 294 g/mol. The van der Waals surface area contributed by atoms with E-state index in [-0.39, 0.29) is 42.1 Å². The van der Waals surface area contributed by atoms with Gasteiger partial charge >= 0.3 is 0 Å². The Morgan fingerprint density at radius 1 is 1.52 bits per heavy atom. The molecule has 1 aliphatic rings. The molecule has 0 bridgehead atoms. The lowest BCUT2D eigenvalue weighted by Crippen LogP contribution is -2.36. The van der Waals surface area contributed by atoms with Crippen LogP contribution in [0.2, 0.25) is 0 Å². The summed E-state index contributed by atoms with van der Waals surface area (Å²) in [6, 6.07) is -1.52. The predicted molar refractivity (Wildman–Crippen MR) is 90.4 cm³/mol. The molecular formula is C16H27N5O2. The quantitative estimate of drug-likeness (QED) is 0.670. The van der Waals surface area contributed by atoms with Crippen LogP contribution in [0.25, 0.3) is 0 Å². The molecule has 1 aromatic heterocycles. The van der Waals surface area contributed by atoms with Crippen LogP contribution in [-0.4, -0.2) is 38.6 Å². The van der Waals surface area contributed by atoms with Gasteiger partial charge in [0.15, 0.2) is 0 Å². The molecule has 0 spiro atoms. The van der Waals surface area contributed by atoms with E-state index in [0.717, 1.165) is 0 Å². The van der Waals surface area contributed by atoms with Gasteiger partial charge in [0, 0.05) is 23.2 Å². The Morgan fingerprint density at radius 3 is 2.83 bits per heavy atom. The van der Waals surface area contributed by atoms with Crippen molar-refractivity contribution in [2.24, 2.45) is 11.6 Å². The van der Waals surface area contributed by atoms with Gasteiger partial charge in [0.05, 0.1) is 13.0 Å². The normalized spacial score (nSPS) is 35.1. The summed E-state index contributed by atoms with van der Waals surface area (Å²) in [6.07, 6.45) is -0.878. The molecule has 1 fully saturated rings. The number of aliphatic hydroxyl groups is 1. The lowest BCUT2D eigenvalue weighted by atomic mass is 9.85. The first-order valence-electron chi connectivity index (χ1n) is 9.98. The molecule has 1 amide bonds. The largest absolute Gasteiger partial charge is 0.393 e. The Bertz CT molecular complexity index is 754. The van der Waals surface area contributed by atoms with Crippen LogP contribution in [0.3, 0.4) is 0 Å². The summed E-state index contributed by atoms with van der Waals surface area (Å²) in [4.78, 5) is 20.0. The van der Waals surface area contributed by atoms with Crippen LogP contribution in [0.1, 0.15) is 64.1 Å². The van der Waals surface area contributed by atoms with Crippen LogP contribution < -0.4 is 16.4 Å². The summed E-state index contributed by atoms with van der Waals surface area (Å²) in [5.41, 5.74) is 4.99. The number of hydrogen-bond acceptors (Lipinski definition) is 6. The number of anilines is 2. The number of amides is 1. The van der Waals surface area contributed by atoms with Gasteiger partial charge in [0.1, 0.15) is 5.82 Å². The third-order valence-electron chi connectivity index (χ3n) is 3.37. The zero-order valence-electron chi connectivity index (χ0n) is 18.6. The molecule has 1 heterocycles. The predicted octanol–water partition coefficient (Wildman–Crippen LogP) is 1.75. The van der Waals surface area contributed by atoms with Crippen LogP contribution in [-0.2, 0) is 0 Å². The van der Waals surface area contributed by atoms with Crippen molar-refractivity contribution in [3.05, 3.63) is 11.8 Å². The minimum Gasteiger partial charge on any atom is -0.393 e. The zero-order chi connectivity index (χ0) is 21.5. The maximum Gasteiger partial charge on any atom is 0.254 e. The molecule has 3 unspecified atom stereocenters. The fourth-order valence-electron chi connectivity index (χ4n) is 2.24. The molecule has 2 rings (SSSR count). The van der Waals surface area contributed by atoms with E-state index in [1.165, 1.54) is 6.20 Å². The molecule has 3 atom stereocenters. The molecule has 1 aromatic rings. The van der Waals surface area contributed by atoms with E-state index in [2.05, 4.69) is 20.6 Å². The summed E-state index contributed by atoms with van der Waals surface area (Å²) >= 11 is 0. The number of rotatable bonds is 4. The molecule has 23 heavy (non-hydrogen) atoms. The Morgan fingerprint density at radius 2 is 2.26 bits per heavy atom. The SMILES string of the molecule is [2H]C1(Nc2nc(NC(C)(C)C)ncc2C(N)=O)CCC([2H])(C([2H])([2H])[2H])C(O)C1. The molecule has 128 valence electrons. The van der Waals surface area contributed by atoms with E-state index in [1.807, 2.05) is 20.8 Å². The number of aromatic nitrogens is 2. The summed E-state index contributed by atoms with van der Waals surface area (Å²) in [7, 11) is 0. The standard InChI is InChI=1S/C16H27N5O2/c1-9-5-6-10(7-12(9)22)19-14-11(13(17)23)8-18-15(20-14)21-16(2,3)4/h8-10,12,22H,5-7H2,1-4H3,(H2,17,23)(H2,18,19,20,21)/i1D3,9D,10D. The topological polar surface area (TPSA) is 113 Å². The Hall–Kier alpha value is -1.89. The van der Waals surface area contributed by atoms with Crippen molar-refractivity contribution in [2.45, 2.75) is 64.5 Å². The van der Waals surface area contributed by atoms with Crippen molar-refractivity contribution in [1.29, 1.82) is 0 Å². The first-order chi connectivity index (χ1) is 12.6. The smallest absolute Gasteiger partial charge is 0.254 e. The van der Waals surface area contributed by atoms with Crippen molar-refractivity contribution < 1.29 is 16.8 Å². The zero-order valence-corrected chi connectivity index (χ0v) is 13.6. The fourth-order valence-corrected chi connectivity index (χ4v) is 2.24. The van der Waals surface area contributed by atoms with Crippen molar-refractivity contribution in [3.8, 4) is 0 Å². The highest BCUT2D eigenvalue weighted by Crippen LogP contribution is 2.27. The molecule has 1 aliphatic carbocycles. The number of carbonyl (C=O) groups is 1. The Balaban J connectivity index is 2.31. The van der Waals surface area contributed by atoms with E-state index in [0.29, 0.717) is 0 Å². The van der Waals surface area contributed by atoms with Gasteiger partial charge in [-0.2, -0.15) is 4.98 Å². The van der Waals surface area contributed by atoms with Gasteiger partial charge in [-0.15, -0.1) is 0 Å². The van der Waals surface area contributed by atoms with Crippen LogP contribution in [0.5, 0.6) is 0 Å². The van der Waals surface area contributed by atoms with Crippen molar-refractivity contribution in [3.63, 3.8) is 0 Å². The summed E-state index contributed by atoms with van der Waals surface area (Å²) in [5, 5.41) is 16.2.